The number of nitrogens with zero attached hydrogens (tertiary/aromatic N) is 2. The molecule has 3 nitrogen and oxygen atoms in total. The van der Waals surface area contributed by atoms with E-state index in [1.165, 1.54) is 23.7 Å². The first kappa shape index (κ1) is 11.4. The van der Waals surface area contributed by atoms with Crippen molar-refractivity contribution in [3.05, 3.63) is 39.3 Å². The minimum Gasteiger partial charge on any atom is -0.375 e. The molecule has 84 valence electrons. The molecule has 0 spiro atoms. The topological polar surface area (TPSA) is 37.8 Å². The van der Waals surface area contributed by atoms with Crippen molar-refractivity contribution >= 4 is 33.1 Å². The lowest BCUT2D eigenvalue weighted by molar-refractivity contribution is 0.586. The van der Waals surface area contributed by atoms with Gasteiger partial charge in [0.05, 0.1) is 12.2 Å². The van der Waals surface area contributed by atoms with E-state index >= 15 is 0 Å². The highest BCUT2D eigenvalue weighted by atomic mass is 79.9. The fourth-order valence-corrected chi connectivity index (χ4v) is 2.00. The lowest BCUT2D eigenvalue weighted by Crippen LogP contribution is -2.04. The highest BCUT2D eigenvalue weighted by molar-refractivity contribution is 9.10. The summed E-state index contributed by atoms with van der Waals surface area (Å²) >= 11 is 4.20. The monoisotopic (exact) mass is 305 g/mol. The Kier molecular flexibility index (Phi) is 3.45. The number of halogens is 3. The van der Waals surface area contributed by atoms with Gasteiger partial charge >= 0.3 is 0 Å². The highest BCUT2D eigenvalue weighted by Crippen LogP contribution is 2.24. The van der Waals surface area contributed by atoms with Gasteiger partial charge in [-0.25, -0.2) is 8.78 Å². The number of hydrogen-bond acceptors (Lipinski definition) is 4. The van der Waals surface area contributed by atoms with Crippen LogP contribution in [0.3, 0.4) is 0 Å². The molecule has 2 aromatic rings. The molecule has 0 saturated carbocycles. The summed E-state index contributed by atoms with van der Waals surface area (Å²) in [6, 6.07) is 2.40. The molecule has 0 aliphatic carbocycles. The third kappa shape index (κ3) is 2.53. The number of aromatic nitrogens is 2. The number of anilines is 1. The highest BCUT2D eigenvalue weighted by Gasteiger charge is 2.10. The minimum atomic E-state index is -0.643. The van der Waals surface area contributed by atoms with Crippen LogP contribution in [0.25, 0.3) is 0 Å². The average Bonchev–Trinajstić information content (AvgIpc) is 2.68. The standard InChI is InChI=1S/C9H6BrF2N3S/c10-5-1-7(11)9(8(12)2-5)13-3-6-4-16-15-14-6/h1-2,4,13H,3H2. The molecule has 0 unspecified atom stereocenters. The lowest BCUT2D eigenvalue weighted by atomic mass is 10.3. The van der Waals surface area contributed by atoms with Gasteiger partial charge in [0.1, 0.15) is 17.3 Å². The Bertz CT molecular complexity index is 466. The van der Waals surface area contributed by atoms with E-state index < -0.39 is 11.6 Å². The van der Waals surface area contributed by atoms with Crippen molar-refractivity contribution in [2.45, 2.75) is 6.54 Å². The molecular weight excluding hydrogens is 300 g/mol. The Morgan fingerprint density at radius 1 is 1.31 bits per heavy atom. The molecule has 7 heteroatoms. The third-order valence-electron chi connectivity index (χ3n) is 1.86. The average molecular weight is 306 g/mol. The summed E-state index contributed by atoms with van der Waals surface area (Å²) in [6.45, 7) is 0.242. The van der Waals surface area contributed by atoms with E-state index in [4.69, 9.17) is 0 Å². The van der Waals surface area contributed by atoms with Crippen molar-refractivity contribution in [1.29, 1.82) is 0 Å². The molecule has 1 N–H and O–H groups in total. The predicted molar refractivity (Wildman–Crippen MR) is 61.3 cm³/mol. The van der Waals surface area contributed by atoms with Gasteiger partial charge in [0.15, 0.2) is 0 Å². The number of benzene rings is 1. The van der Waals surface area contributed by atoms with Gasteiger partial charge in [-0.1, -0.05) is 20.4 Å². The summed E-state index contributed by atoms with van der Waals surface area (Å²) in [5.74, 6) is -1.29. The second-order valence-electron chi connectivity index (χ2n) is 2.99. The van der Waals surface area contributed by atoms with E-state index in [9.17, 15) is 8.78 Å². The lowest BCUT2D eigenvalue weighted by Gasteiger charge is -2.07. The van der Waals surface area contributed by atoms with Gasteiger partial charge in [0.25, 0.3) is 0 Å². The van der Waals surface area contributed by atoms with Crippen molar-refractivity contribution in [3.8, 4) is 0 Å². The van der Waals surface area contributed by atoms with Crippen LogP contribution in [0.5, 0.6) is 0 Å². The SMILES string of the molecule is Fc1cc(Br)cc(F)c1NCc1csnn1. The summed E-state index contributed by atoms with van der Waals surface area (Å²) in [6.07, 6.45) is 0. The van der Waals surface area contributed by atoms with Crippen LogP contribution in [0.2, 0.25) is 0 Å². The molecule has 16 heavy (non-hydrogen) atoms. The molecule has 0 aliphatic heterocycles. The second-order valence-corrected chi connectivity index (χ2v) is 4.52. The molecular formula is C9H6BrF2N3S. The van der Waals surface area contributed by atoms with E-state index in [0.717, 1.165) is 0 Å². The van der Waals surface area contributed by atoms with Crippen LogP contribution in [0.4, 0.5) is 14.5 Å². The van der Waals surface area contributed by atoms with Crippen molar-refractivity contribution in [2.24, 2.45) is 0 Å². The predicted octanol–water partition coefficient (Wildman–Crippen LogP) is 3.19. The first-order chi connectivity index (χ1) is 7.66. The van der Waals surface area contributed by atoms with Gasteiger partial charge in [0, 0.05) is 9.85 Å². The van der Waals surface area contributed by atoms with E-state index in [-0.39, 0.29) is 12.2 Å². The molecule has 0 atom stereocenters. The molecule has 0 aliphatic rings. The van der Waals surface area contributed by atoms with Gasteiger partial charge in [-0.05, 0) is 23.7 Å². The fraction of sp³-hybridized carbons (Fsp3) is 0.111. The van der Waals surface area contributed by atoms with Crippen molar-refractivity contribution in [3.63, 3.8) is 0 Å². The maximum absolute atomic E-state index is 13.4. The number of hydrogen-bond donors (Lipinski definition) is 1. The molecule has 1 aromatic heterocycles. The van der Waals surface area contributed by atoms with Crippen LogP contribution in [-0.4, -0.2) is 9.59 Å². The van der Waals surface area contributed by atoms with E-state index in [1.54, 1.807) is 5.38 Å². The number of nitrogens with one attached hydrogen (secondary N) is 1. The van der Waals surface area contributed by atoms with Gasteiger partial charge in [-0.2, -0.15) is 0 Å². The second kappa shape index (κ2) is 4.84. The Balaban J connectivity index is 2.15. The van der Waals surface area contributed by atoms with Gasteiger partial charge in [0.2, 0.25) is 0 Å². The molecule has 0 amide bonds. The normalized spacial score (nSPS) is 10.4. The van der Waals surface area contributed by atoms with Gasteiger partial charge < -0.3 is 5.32 Å². The van der Waals surface area contributed by atoms with Crippen LogP contribution in [0, 0.1) is 11.6 Å². The Hall–Kier alpha value is -1.08. The Labute approximate surface area is 103 Å². The van der Waals surface area contributed by atoms with Crippen molar-refractivity contribution in [1.82, 2.24) is 9.59 Å². The molecule has 0 saturated heterocycles. The Morgan fingerprint density at radius 3 is 2.56 bits per heavy atom. The zero-order valence-electron chi connectivity index (χ0n) is 7.88. The first-order valence-corrected chi connectivity index (χ1v) is 5.94. The summed E-state index contributed by atoms with van der Waals surface area (Å²) in [4.78, 5) is 0. The molecule has 0 bridgehead atoms. The fourth-order valence-electron chi connectivity index (χ4n) is 1.15. The van der Waals surface area contributed by atoms with Crippen molar-refractivity contribution in [2.75, 3.05) is 5.32 Å². The maximum Gasteiger partial charge on any atom is 0.150 e. The zero-order valence-corrected chi connectivity index (χ0v) is 10.3. The summed E-state index contributed by atoms with van der Waals surface area (Å²) in [7, 11) is 0. The van der Waals surface area contributed by atoms with Crippen LogP contribution in [0.1, 0.15) is 5.69 Å². The van der Waals surface area contributed by atoms with Gasteiger partial charge in [-0.3, -0.25) is 0 Å². The summed E-state index contributed by atoms with van der Waals surface area (Å²) in [5.41, 5.74) is 0.489. The van der Waals surface area contributed by atoms with E-state index in [1.807, 2.05) is 0 Å². The van der Waals surface area contributed by atoms with Crippen LogP contribution >= 0.6 is 27.5 Å². The number of rotatable bonds is 3. The molecule has 1 heterocycles. The smallest absolute Gasteiger partial charge is 0.150 e. The van der Waals surface area contributed by atoms with Gasteiger partial charge in [-0.15, -0.1) is 5.10 Å². The third-order valence-corrected chi connectivity index (χ3v) is 2.87. The van der Waals surface area contributed by atoms with Crippen molar-refractivity contribution < 1.29 is 8.78 Å². The Morgan fingerprint density at radius 2 is 2.00 bits per heavy atom. The van der Waals surface area contributed by atoms with Crippen LogP contribution in [0.15, 0.2) is 22.0 Å². The summed E-state index contributed by atoms with van der Waals surface area (Å²) in [5, 5.41) is 8.11. The minimum absolute atomic E-state index is 0.156. The van der Waals surface area contributed by atoms with E-state index in [2.05, 4.69) is 30.8 Å². The van der Waals surface area contributed by atoms with Crippen LogP contribution < -0.4 is 5.32 Å². The summed E-state index contributed by atoms with van der Waals surface area (Å²) < 4.78 is 30.8. The van der Waals surface area contributed by atoms with E-state index in [0.29, 0.717) is 10.2 Å². The molecule has 0 radical (unpaired) electrons. The molecule has 2 rings (SSSR count). The largest absolute Gasteiger partial charge is 0.375 e. The quantitative estimate of drug-likeness (QED) is 0.946. The van der Waals surface area contributed by atoms with Crippen LogP contribution in [-0.2, 0) is 6.54 Å². The first-order valence-electron chi connectivity index (χ1n) is 4.31. The molecule has 0 fully saturated rings. The molecule has 1 aromatic carbocycles. The maximum atomic E-state index is 13.4. The zero-order chi connectivity index (χ0) is 11.5.